The highest BCUT2D eigenvalue weighted by molar-refractivity contribution is 5.87. The van der Waals surface area contributed by atoms with Crippen LogP contribution < -0.4 is 26.6 Å². The third kappa shape index (κ3) is 21.4. The first-order chi connectivity index (χ1) is 60.3. The molecular weight excluding hydrogens is 1610 g/mol. The minimum absolute atomic E-state index is 0.0844. The summed E-state index contributed by atoms with van der Waals surface area (Å²) in [5, 5.41) is 89.1. The fourth-order valence-electron chi connectivity index (χ4n) is 16.1. The van der Waals surface area contributed by atoms with Gasteiger partial charge in [-0.05, 0) is 39.8 Å². The van der Waals surface area contributed by atoms with Crippen LogP contribution in [0.4, 0.5) is 28.8 Å². The first kappa shape index (κ1) is 87.2. The maximum atomic E-state index is 14.8. The van der Waals surface area contributed by atoms with E-state index in [1.54, 1.807) is 243 Å². The predicted molar refractivity (Wildman–Crippen MR) is 431 cm³/mol. The Labute approximate surface area is 712 Å². The summed E-state index contributed by atoms with van der Waals surface area (Å²) in [6.07, 6.45) is -36.6. The van der Waals surface area contributed by atoms with Gasteiger partial charge in [-0.2, -0.15) is 0 Å². The lowest BCUT2D eigenvalue weighted by Gasteiger charge is -2.52. The molecule has 5 aliphatic heterocycles. The van der Waals surface area contributed by atoms with Crippen molar-refractivity contribution in [2.24, 2.45) is 0 Å². The van der Waals surface area contributed by atoms with Gasteiger partial charge < -0.3 is 124 Å². The fourth-order valence-corrected chi connectivity index (χ4v) is 16.1. The standard InChI is InChI=1S/C90H97N7O27/c98-46-66-76(123-81-68(95-87(107)114-50-56-31-15-4-16-32-56)71(101)75-65(118-81)45-97(79(121-75)60-39-23-8-24-40-60)89(109)116-52-58-35-19-6-20-36-58)72(102)82(119-66)124-77-69(99)62(92-83(103)90(110)42-61(43-90)91-84(104)111-47-53-25-9-1-10-26-53)41-63(93-85(105)112-48-54-27-11-2-12-28-54)73(77)122-80-67(94-86(106)113-49-55-29-13-3-14-30-55)70(100)74-64(117-80)44-96(78(120-74)59-37-21-7-22-38-59)88(108)115-51-57-33-17-5-18-34-57/h1-40,61-82,98-102,110H,41-52H2,(H,91,104)(H,92,103)(H,93,105)(H,94,106)(H,95,107)/t61?,62-,63+,64-,65+,66-,67?,68-,69+,70+,71-,72-,73-,74-,75-,76-,77-,78?,79?,80-,81-,82+,90?/m1/s1. The Hall–Kier alpha value is -11.7. The third-order valence-corrected chi connectivity index (χ3v) is 22.6. The molecule has 0 aromatic heterocycles. The van der Waals surface area contributed by atoms with Crippen LogP contribution in [0.2, 0.25) is 0 Å². The molecule has 8 aromatic rings. The molecule has 124 heavy (non-hydrogen) atoms. The van der Waals surface area contributed by atoms with E-state index in [2.05, 4.69) is 26.6 Å². The second kappa shape index (κ2) is 40.7. The number of aliphatic hydroxyl groups is 6. The van der Waals surface area contributed by atoms with Gasteiger partial charge in [0, 0.05) is 30.0 Å². The fraction of sp³-hybridized carbons (Fsp3) is 0.389. The van der Waals surface area contributed by atoms with Crippen LogP contribution in [0.1, 0.15) is 76.2 Å². The van der Waals surface area contributed by atoms with Gasteiger partial charge in [0.05, 0.1) is 31.8 Å². The van der Waals surface area contributed by atoms with Crippen LogP contribution in [0.25, 0.3) is 0 Å². The molecule has 5 saturated heterocycles. The molecule has 0 bridgehead atoms. The molecule has 11 N–H and O–H groups in total. The minimum atomic E-state index is -2.22. The van der Waals surface area contributed by atoms with Crippen LogP contribution in [-0.2, 0) is 111 Å². The lowest BCUT2D eigenvalue weighted by molar-refractivity contribution is -0.335. The molecule has 2 saturated carbocycles. The second-order valence-electron chi connectivity index (χ2n) is 31.1. The van der Waals surface area contributed by atoms with Crippen LogP contribution in [0.3, 0.4) is 0 Å². The van der Waals surface area contributed by atoms with Gasteiger partial charge >= 0.3 is 36.6 Å². The second-order valence-corrected chi connectivity index (χ2v) is 31.1. The van der Waals surface area contributed by atoms with Crippen molar-refractivity contribution in [3.05, 3.63) is 287 Å². The van der Waals surface area contributed by atoms with Gasteiger partial charge in [-0.1, -0.05) is 243 Å². The number of hydrogen-bond acceptors (Lipinski definition) is 27. The van der Waals surface area contributed by atoms with Crippen molar-refractivity contribution < 1.29 is 131 Å². The Balaban J connectivity index is 0.763. The number of carbonyl (C=O) groups is 7. The van der Waals surface area contributed by atoms with E-state index < -0.39 is 202 Å². The quantitative estimate of drug-likeness (QED) is 0.0235. The van der Waals surface area contributed by atoms with E-state index in [0.29, 0.717) is 44.5 Å². The van der Waals surface area contributed by atoms with E-state index >= 15 is 0 Å². The van der Waals surface area contributed by atoms with E-state index in [0.717, 1.165) is 0 Å². The number of rotatable bonds is 27. The molecule has 3 unspecified atom stereocenters. The molecule has 5 heterocycles. The predicted octanol–water partition coefficient (Wildman–Crippen LogP) is 6.82. The lowest BCUT2D eigenvalue weighted by Crippen LogP contribution is -2.72. The molecule has 34 heteroatoms. The van der Waals surface area contributed by atoms with Crippen LogP contribution >= 0.6 is 0 Å². The van der Waals surface area contributed by atoms with Crippen LogP contribution in [-0.4, -0.2) is 231 Å². The maximum Gasteiger partial charge on any atom is 0.412 e. The molecule has 21 atom stereocenters. The Kier molecular flexibility index (Phi) is 28.6. The van der Waals surface area contributed by atoms with Gasteiger partial charge in [0.25, 0.3) is 5.91 Å². The third-order valence-electron chi connectivity index (χ3n) is 22.6. The topological polar surface area (TPSA) is 437 Å². The van der Waals surface area contributed by atoms with Gasteiger partial charge in [-0.25, -0.2) is 28.8 Å². The Bertz CT molecular complexity index is 4820. The van der Waals surface area contributed by atoms with Gasteiger partial charge in [0.1, 0.15) is 131 Å². The van der Waals surface area contributed by atoms with Crippen molar-refractivity contribution in [3.8, 4) is 0 Å². The molecule has 0 radical (unpaired) electrons. The number of aliphatic hydroxyl groups excluding tert-OH is 5. The van der Waals surface area contributed by atoms with Gasteiger partial charge in [0.15, 0.2) is 31.3 Å². The summed E-state index contributed by atoms with van der Waals surface area (Å²) in [5.74, 6) is -1.07. The van der Waals surface area contributed by atoms with Crippen molar-refractivity contribution in [1.29, 1.82) is 0 Å². The lowest BCUT2D eigenvalue weighted by atomic mass is 9.74. The molecule has 7 aliphatic rings. The van der Waals surface area contributed by atoms with E-state index in [1.165, 1.54) is 9.80 Å². The highest BCUT2D eigenvalue weighted by atomic mass is 16.8. The average Bonchev–Trinajstić information content (AvgIpc) is 0.945. The van der Waals surface area contributed by atoms with E-state index in [-0.39, 0.29) is 59.0 Å². The number of fused-ring (bicyclic) bond motifs is 2. The zero-order valence-electron chi connectivity index (χ0n) is 66.9. The van der Waals surface area contributed by atoms with Crippen molar-refractivity contribution in [2.75, 3.05) is 19.7 Å². The summed E-state index contributed by atoms with van der Waals surface area (Å²) in [7, 11) is 0. The molecule has 15 rings (SSSR count). The molecule has 34 nitrogen and oxygen atoms in total. The number of carbonyl (C=O) groups excluding carboxylic acids is 7. The molecular formula is C90H97N7O27. The monoisotopic (exact) mass is 1710 g/mol. The number of hydrogen-bond donors (Lipinski definition) is 11. The zero-order valence-corrected chi connectivity index (χ0v) is 66.9. The number of nitrogens with zero attached hydrogens (tertiary/aromatic N) is 2. The minimum Gasteiger partial charge on any atom is -0.445 e. The van der Waals surface area contributed by atoms with Gasteiger partial charge in [0.2, 0.25) is 0 Å². The number of amides is 7. The Morgan fingerprint density at radius 1 is 0.363 bits per heavy atom. The maximum absolute atomic E-state index is 14.8. The zero-order chi connectivity index (χ0) is 86.2. The van der Waals surface area contributed by atoms with Crippen LogP contribution in [0.15, 0.2) is 243 Å². The number of nitrogens with one attached hydrogen (secondary N) is 5. The van der Waals surface area contributed by atoms with Gasteiger partial charge in [-0.15, -0.1) is 0 Å². The van der Waals surface area contributed by atoms with Gasteiger partial charge in [-0.3, -0.25) is 14.6 Å². The first-order valence-corrected chi connectivity index (χ1v) is 40.8. The average molecular weight is 1710 g/mol. The van der Waals surface area contributed by atoms with Crippen molar-refractivity contribution in [3.63, 3.8) is 0 Å². The van der Waals surface area contributed by atoms with Crippen LogP contribution in [0.5, 0.6) is 0 Å². The molecule has 7 fully saturated rings. The summed E-state index contributed by atoms with van der Waals surface area (Å²) < 4.78 is 88.3. The summed E-state index contributed by atoms with van der Waals surface area (Å²) in [5.41, 5.74) is 2.41. The smallest absolute Gasteiger partial charge is 0.412 e. The van der Waals surface area contributed by atoms with Crippen LogP contribution in [0, 0.1) is 0 Å². The highest BCUT2D eigenvalue weighted by Gasteiger charge is 2.61. The van der Waals surface area contributed by atoms with Crippen molar-refractivity contribution in [1.82, 2.24) is 36.4 Å². The summed E-state index contributed by atoms with van der Waals surface area (Å²) in [4.78, 5) is 103. The number of benzene rings is 8. The van der Waals surface area contributed by atoms with E-state index in [1.807, 2.05) is 0 Å². The molecule has 654 valence electrons. The van der Waals surface area contributed by atoms with Crippen molar-refractivity contribution in [2.45, 2.75) is 199 Å². The highest BCUT2D eigenvalue weighted by Crippen LogP contribution is 2.43. The summed E-state index contributed by atoms with van der Waals surface area (Å²) >= 11 is 0. The normalized spacial score (nSPS) is 29.9. The van der Waals surface area contributed by atoms with E-state index in [4.69, 9.17) is 66.3 Å². The Morgan fingerprint density at radius 2 is 0.702 bits per heavy atom. The SMILES string of the molecule is O=C(NC1CC(O)(C(=O)N[C@@H]2C[C@H](NC(=O)OCc3ccccc3)[C@@H](O[C@H]3O[C@@H]4CN(C(=O)OCc5ccccc5)C(c5ccccc5)O[C@H]4[C@@H](O)C3NC(=O)OCc3ccccc3)[C@H](O[C@@H]3O[C@H](CO)[C@@H](O[C@H]4O[C@H]5CN(C(=O)OCc6ccccc6)C(c6ccccc6)O[C@H]5[C@H](O)[C@H]4NC(=O)OCc4ccccc4)[C@H]3O)[C@H]2O)C1)OCc1ccccc1. The molecule has 0 spiro atoms. The largest absolute Gasteiger partial charge is 0.445 e. The summed E-state index contributed by atoms with van der Waals surface area (Å²) in [6, 6.07) is 62.2. The molecule has 7 amide bonds. The van der Waals surface area contributed by atoms with Crippen molar-refractivity contribution >= 4 is 42.5 Å². The Morgan fingerprint density at radius 3 is 1.08 bits per heavy atom. The molecule has 2 aliphatic carbocycles. The first-order valence-electron chi connectivity index (χ1n) is 40.8. The molecule has 8 aromatic carbocycles. The summed E-state index contributed by atoms with van der Waals surface area (Å²) in [6.45, 7) is -2.99. The number of alkyl carbamates (subject to hydrolysis) is 4. The number of ether oxygens (including phenoxy) is 14. The van der Waals surface area contributed by atoms with E-state index in [9.17, 15) is 64.2 Å².